The lowest BCUT2D eigenvalue weighted by atomic mass is 10.2. The molecule has 1 atom stereocenters. The Hall–Kier alpha value is -2.95. The summed E-state index contributed by atoms with van der Waals surface area (Å²) in [7, 11) is -4.06. The molecular formula is C16H13F3N2O5S. The van der Waals surface area contributed by atoms with E-state index in [1.165, 1.54) is 18.2 Å². The zero-order valence-electron chi connectivity index (χ0n) is 13.7. The van der Waals surface area contributed by atoms with E-state index >= 15 is 0 Å². The fourth-order valence-corrected chi connectivity index (χ4v) is 3.36. The van der Waals surface area contributed by atoms with Gasteiger partial charge in [-0.3, -0.25) is 9.52 Å². The Morgan fingerprint density at radius 1 is 1.15 bits per heavy atom. The first-order valence-electron chi connectivity index (χ1n) is 7.54. The summed E-state index contributed by atoms with van der Waals surface area (Å²) in [5, 5.41) is 2.58. The van der Waals surface area contributed by atoms with E-state index in [0.717, 1.165) is 24.3 Å². The van der Waals surface area contributed by atoms with Crippen molar-refractivity contribution in [3.05, 3.63) is 42.5 Å². The third kappa shape index (κ3) is 4.42. The van der Waals surface area contributed by atoms with Crippen molar-refractivity contribution in [2.75, 3.05) is 10.0 Å². The van der Waals surface area contributed by atoms with Gasteiger partial charge in [-0.2, -0.15) is 0 Å². The van der Waals surface area contributed by atoms with Crippen LogP contribution in [0.3, 0.4) is 0 Å². The van der Waals surface area contributed by atoms with Crippen LogP contribution in [0.2, 0.25) is 0 Å². The van der Waals surface area contributed by atoms with Gasteiger partial charge in [0.05, 0.1) is 16.3 Å². The fraction of sp³-hybridized carbons (Fsp3) is 0.188. The van der Waals surface area contributed by atoms with Crippen molar-refractivity contribution in [2.45, 2.75) is 24.3 Å². The SMILES string of the molecule is CC1Oc2ccc(NS(=O)(=O)c3ccc(OC(F)(F)F)cc3)cc2NC1=O. The van der Waals surface area contributed by atoms with Crippen LogP contribution in [0.4, 0.5) is 24.5 Å². The number of halogens is 3. The second-order valence-corrected chi connectivity index (χ2v) is 7.27. The number of nitrogens with one attached hydrogen (secondary N) is 2. The van der Waals surface area contributed by atoms with Gasteiger partial charge < -0.3 is 14.8 Å². The van der Waals surface area contributed by atoms with E-state index in [9.17, 15) is 26.4 Å². The predicted molar refractivity (Wildman–Crippen MR) is 89.1 cm³/mol. The largest absolute Gasteiger partial charge is 0.573 e. The number of rotatable bonds is 4. The second-order valence-electron chi connectivity index (χ2n) is 5.58. The number of amides is 1. The Morgan fingerprint density at radius 2 is 1.81 bits per heavy atom. The topological polar surface area (TPSA) is 93.7 Å². The van der Waals surface area contributed by atoms with Gasteiger partial charge >= 0.3 is 6.36 Å². The standard InChI is InChI=1S/C16H13F3N2O5S/c1-9-15(22)20-13-8-10(2-7-14(13)25-9)21-27(23,24)12-5-3-11(4-6-12)26-16(17,18)19/h2-9,21H,1H3,(H,20,22). The van der Waals surface area contributed by atoms with Crippen LogP contribution < -0.4 is 19.5 Å². The van der Waals surface area contributed by atoms with Crippen LogP contribution in [0.15, 0.2) is 47.4 Å². The van der Waals surface area contributed by atoms with E-state index < -0.39 is 28.2 Å². The van der Waals surface area contributed by atoms with Gasteiger partial charge in [0.1, 0.15) is 11.5 Å². The van der Waals surface area contributed by atoms with Gasteiger partial charge in [-0.05, 0) is 49.4 Å². The van der Waals surface area contributed by atoms with Gasteiger partial charge in [0.25, 0.3) is 15.9 Å². The molecule has 2 aromatic rings. The molecule has 0 aromatic heterocycles. The number of hydrogen-bond donors (Lipinski definition) is 2. The maximum absolute atomic E-state index is 12.4. The number of alkyl halides is 3. The van der Waals surface area contributed by atoms with E-state index in [0.29, 0.717) is 11.4 Å². The van der Waals surface area contributed by atoms with Crippen molar-refractivity contribution in [1.29, 1.82) is 0 Å². The first kappa shape index (κ1) is 18.8. The highest BCUT2D eigenvalue weighted by molar-refractivity contribution is 7.92. The number of fused-ring (bicyclic) bond motifs is 1. The van der Waals surface area contributed by atoms with Crippen LogP contribution in [0.25, 0.3) is 0 Å². The van der Waals surface area contributed by atoms with Crippen molar-refractivity contribution in [3.8, 4) is 11.5 Å². The molecule has 0 radical (unpaired) electrons. The highest BCUT2D eigenvalue weighted by Gasteiger charge is 2.31. The molecule has 0 fully saturated rings. The van der Waals surface area contributed by atoms with E-state index in [4.69, 9.17) is 4.74 Å². The normalized spacial score (nSPS) is 16.7. The number of carbonyl (C=O) groups is 1. The number of ether oxygens (including phenoxy) is 2. The number of hydrogen-bond acceptors (Lipinski definition) is 5. The van der Waals surface area contributed by atoms with Crippen molar-refractivity contribution in [3.63, 3.8) is 0 Å². The Kier molecular flexibility index (Phi) is 4.64. The summed E-state index contributed by atoms with van der Waals surface area (Å²) in [6.07, 6.45) is -5.54. The first-order chi connectivity index (χ1) is 12.5. The Morgan fingerprint density at radius 3 is 2.44 bits per heavy atom. The highest BCUT2D eigenvalue weighted by Crippen LogP contribution is 2.33. The minimum absolute atomic E-state index is 0.142. The molecule has 1 amide bonds. The molecule has 2 aromatic carbocycles. The smallest absolute Gasteiger partial charge is 0.479 e. The van der Waals surface area contributed by atoms with Crippen LogP contribution in [0.5, 0.6) is 11.5 Å². The molecule has 1 heterocycles. The van der Waals surface area contributed by atoms with Gasteiger partial charge in [0.15, 0.2) is 6.10 Å². The lowest BCUT2D eigenvalue weighted by Gasteiger charge is -2.23. The lowest BCUT2D eigenvalue weighted by molar-refractivity contribution is -0.274. The molecule has 144 valence electrons. The predicted octanol–water partition coefficient (Wildman–Crippen LogP) is 3.11. The second kappa shape index (κ2) is 6.65. The number of benzene rings is 2. The average molecular weight is 402 g/mol. The molecule has 0 saturated heterocycles. The molecule has 2 N–H and O–H groups in total. The summed E-state index contributed by atoms with van der Waals surface area (Å²) in [5.41, 5.74) is 0.440. The van der Waals surface area contributed by atoms with Crippen LogP contribution >= 0.6 is 0 Å². The van der Waals surface area contributed by atoms with E-state index in [1.54, 1.807) is 6.92 Å². The average Bonchev–Trinajstić information content (AvgIpc) is 2.55. The summed E-state index contributed by atoms with van der Waals surface area (Å²) >= 11 is 0. The van der Waals surface area contributed by atoms with Gasteiger partial charge in [-0.1, -0.05) is 0 Å². The van der Waals surface area contributed by atoms with Gasteiger partial charge in [-0.15, -0.1) is 13.2 Å². The molecule has 3 rings (SSSR count). The molecule has 1 unspecified atom stereocenters. The number of anilines is 2. The molecule has 0 bridgehead atoms. The lowest BCUT2D eigenvalue weighted by Crippen LogP contribution is -2.34. The van der Waals surface area contributed by atoms with Crippen molar-refractivity contribution < 1.29 is 35.9 Å². The molecule has 0 aliphatic carbocycles. The molecule has 0 saturated carbocycles. The highest BCUT2D eigenvalue weighted by atomic mass is 32.2. The van der Waals surface area contributed by atoms with Gasteiger partial charge in [0, 0.05) is 0 Å². The number of sulfonamides is 1. The Labute approximate surface area is 152 Å². The van der Waals surface area contributed by atoms with Crippen LogP contribution in [-0.2, 0) is 14.8 Å². The third-order valence-electron chi connectivity index (χ3n) is 3.53. The molecule has 1 aliphatic rings. The van der Waals surface area contributed by atoms with Crippen LogP contribution in [-0.4, -0.2) is 26.8 Å². The quantitative estimate of drug-likeness (QED) is 0.820. The van der Waals surface area contributed by atoms with Crippen LogP contribution in [0.1, 0.15) is 6.92 Å². The molecule has 11 heteroatoms. The molecule has 1 aliphatic heterocycles. The molecule has 7 nitrogen and oxygen atoms in total. The summed E-state index contributed by atoms with van der Waals surface area (Å²) in [4.78, 5) is 11.4. The zero-order chi connectivity index (χ0) is 19.8. The van der Waals surface area contributed by atoms with Gasteiger partial charge in [-0.25, -0.2) is 8.42 Å². The fourth-order valence-electron chi connectivity index (χ4n) is 2.31. The summed E-state index contributed by atoms with van der Waals surface area (Å²) in [5.74, 6) is -0.523. The van der Waals surface area contributed by atoms with Gasteiger partial charge in [0.2, 0.25) is 0 Å². The third-order valence-corrected chi connectivity index (χ3v) is 4.93. The van der Waals surface area contributed by atoms with Crippen molar-refractivity contribution >= 4 is 27.3 Å². The summed E-state index contributed by atoms with van der Waals surface area (Å²) in [6, 6.07) is 8.04. The minimum Gasteiger partial charge on any atom is -0.479 e. The van der Waals surface area contributed by atoms with Crippen molar-refractivity contribution in [2.24, 2.45) is 0 Å². The Balaban J connectivity index is 1.79. The molecule has 0 spiro atoms. The number of carbonyl (C=O) groups excluding carboxylic acids is 1. The van der Waals surface area contributed by atoms with E-state index in [-0.39, 0.29) is 16.5 Å². The maximum atomic E-state index is 12.4. The summed E-state index contributed by atoms with van der Waals surface area (Å²) < 4.78 is 72.6. The van der Waals surface area contributed by atoms with E-state index in [1.807, 2.05) is 0 Å². The first-order valence-corrected chi connectivity index (χ1v) is 9.02. The zero-order valence-corrected chi connectivity index (χ0v) is 14.5. The molecular weight excluding hydrogens is 389 g/mol. The molecule has 27 heavy (non-hydrogen) atoms. The monoisotopic (exact) mass is 402 g/mol. The van der Waals surface area contributed by atoms with Crippen molar-refractivity contribution in [1.82, 2.24) is 0 Å². The Bertz CT molecular complexity index is 975. The maximum Gasteiger partial charge on any atom is 0.573 e. The summed E-state index contributed by atoms with van der Waals surface area (Å²) in [6.45, 7) is 1.57. The van der Waals surface area contributed by atoms with Crippen LogP contribution in [0, 0.1) is 0 Å². The van der Waals surface area contributed by atoms with E-state index in [2.05, 4.69) is 14.8 Å². The minimum atomic E-state index is -4.87.